The van der Waals surface area contributed by atoms with E-state index in [0.29, 0.717) is 34.5 Å². The molecule has 5 nitrogen and oxygen atoms in total. The van der Waals surface area contributed by atoms with E-state index in [0.717, 1.165) is 5.65 Å². The quantitative estimate of drug-likeness (QED) is 0.812. The number of ether oxygens (including phenoxy) is 1. The van der Waals surface area contributed by atoms with Gasteiger partial charge in [0.1, 0.15) is 0 Å². The molecule has 0 bridgehead atoms. The first-order valence-electron chi connectivity index (χ1n) is 6.82. The zero-order valence-electron chi connectivity index (χ0n) is 11.5. The third kappa shape index (κ3) is 2.16. The third-order valence-electron chi connectivity index (χ3n) is 3.74. The van der Waals surface area contributed by atoms with Crippen LogP contribution in [-0.4, -0.2) is 27.3 Å². The number of hydrogen-bond donors (Lipinski definition) is 0. The molecular weight excluding hydrogens is 278 g/mol. The van der Waals surface area contributed by atoms with Crippen molar-refractivity contribution in [1.82, 2.24) is 14.8 Å². The summed E-state index contributed by atoms with van der Waals surface area (Å²) in [6.07, 6.45) is 5.61. The molecule has 0 aromatic carbocycles. The second-order valence-electron chi connectivity index (χ2n) is 5.11. The van der Waals surface area contributed by atoms with Gasteiger partial charge in [-0.15, -0.1) is 0 Å². The highest BCUT2D eigenvalue weighted by Gasteiger charge is 2.31. The van der Waals surface area contributed by atoms with E-state index in [-0.39, 0.29) is 0 Å². The van der Waals surface area contributed by atoms with Crippen LogP contribution < -0.4 is 0 Å². The summed E-state index contributed by atoms with van der Waals surface area (Å²) in [5, 5.41) is 5.44. The fourth-order valence-electron chi connectivity index (χ4n) is 2.39. The van der Waals surface area contributed by atoms with E-state index in [4.69, 9.17) is 16.3 Å². The number of aromatic nitrogens is 3. The summed E-state index contributed by atoms with van der Waals surface area (Å²) in [4.78, 5) is 16.1. The van der Waals surface area contributed by atoms with Crippen LogP contribution in [0.4, 0.5) is 0 Å². The van der Waals surface area contributed by atoms with Gasteiger partial charge in [-0.05, 0) is 32.6 Å². The first-order valence-corrected chi connectivity index (χ1v) is 7.20. The van der Waals surface area contributed by atoms with Crippen molar-refractivity contribution in [2.75, 3.05) is 6.61 Å². The molecule has 3 rings (SSSR count). The Bertz CT molecular complexity index is 664. The number of rotatable bonds is 4. The summed E-state index contributed by atoms with van der Waals surface area (Å²) in [6.45, 7) is 4.21. The molecule has 1 unspecified atom stereocenters. The fraction of sp³-hybridized carbons (Fsp3) is 0.500. The summed E-state index contributed by atoms with van der Waals surface area (Å²) in [5.41, 5.74) is 1.02. The van der Waals surface area contributed by atoms with E-state index >= 15 is 0 Å². The highest BCUT2D eigenvalue weighted by Crippen LogP contribution is 2.40. The van der Waals surface area contributed by atoms with Gasteiger partial charge in [-0.3, -0.25) is 0 Å². The van der Waals surface area contributed by atoms with Gasteiger partial charge in [0.15, 0.2) is 5.65 Å². The molecule has 0 radical (unpaired) electrons. The van der Waals surface area contributed by atoms with Crippen molar-refractivity contribution in [1.29, 1.82) is 0 Å². The Morgan fingerprint density at radius 3 is 2.95 bits per heavy atom. The summed E-state index contributed by atoms with van der Waals surface area (Å²) in [7, 11) is 0. The molecule has 1 aliphatic carbocycles. The topological polar surface area (TPSA) is 57.0 Å². The SMILES string of the molecule is CCOC(=O)c1cnc2c(cnn2C(C)C2CC2)c1Cl. The Labute approximate surface area is 121 Å². The van der Waals surface area contributed by atoms with E-state index in [1.165, 1.54) is 19.0 Å². The molecular formula is C14H16ClN3O2. The lowest BCUT2D eigenvalue weighted by Crippen LogP contribution is -2.10. The van der Waals surface area contributed by atoms with Crippen molar-refractivity contribution in [2.45, 2.75) is 32.7 Å². The van der Waals surface area contributed by atoms with Crippen LogP contribution in [0.3, 0.4) is 0 Å². The Hall–Kier alpha value is -1.62. The highest BCUT2D eigenvalue weighted by atomic mass is 35.5. The van der Waals surface area contributed by atoms with E-state index in [9.17, 15) is 4.79 Å². The first-order chi connectivity index (χ1) is 9.63. The van der Waals surface area contributed by atoms with Gasteiger partial charge in [-0.25, -0.2) is 14.5 Å². The van der Waals surface area contributed by atoms with Crippen molar-refractivity contribution >= 4 is 28.6 Å². The lowest BCUT2D eigenvalue weighted by atomic mass is 10.2. The van der Waals surface area contributed by atoms with Gasteiger partial charge >= 0.3 is 5.97 Å². The van der Waals surface area contributed by atoms with Crippen molar-refractivity contribution in [3.05, 3.63) is 23.0 Å². The molecule has 20 heavy (non-hydrogen) atoms. The number of pyridine rings is 1. The van der Waals surface area contributed by atoms with E-state index in [1.54, 1.807) is 13.1 Å². The van der Waals surface area contributed by atoms with Crippen LogP contribution in [0.5, 0.6) is 0 Å². The van der Waals surface area contributed by atoms with Gasteiger partial charge in [0.05, 0.1) is 34.8 Å². The minimum absolute atomic E-state index is 0.291. The molecule has 2 heterocycles. The van der Waals surface area contributed by atoms with E-state index < -0.39 is 5.97 Å². The Morgan fingerprint density at radius 2 is 2.30 bits per heavy atom. The number of hydrogen-bond acceptors (Lipinski definition) is 4. The largest absolute Gasteiger partial charge is 0.462 e. The number of halogens is 1. The van der Waals surface area contributed by atoms with Crippen molar-refractivity contribution < 1.29 is 9.53 Å². The summed E-state index contributed by atoms with van der Waals surface area (Å²) < 4.78 is 6.87. The van der Waals surface area contributed by atoms with Crippen molar-refractivity contribution in [3.63, 3.8) is 0 Å². The van der Waals surface area contributed by atoms with Gasteiger partial charge in [0.2, 0.25) is 0 Å². The lowest BCUT2D eigenvalue weighted by molar-refractivity contribution is 0.0526. The number of fused-ring (bicyclic) bond motifs is 1. The molecule has 0 amide bonds. The Balaban J connectivity index is 2.03. The van der Waals surface area contributed by atoms with Gasteiger partial charge < -0.3 is 4.74 Å². The zero-order valence-corrected chi connectivity index (χ0v) is 12.2. The maximum atomic E-state index is 11.8. The summed E-state index contributed by atoms with van der Waals surface area (Å²) in [6, 6.07) is 0.310. The monoisotopic (exact) mass is 293 g/mol. The van der Waals surface area contributed by atoms with Crippen LogP contribution >= 0.6 is 11.6 Å². The minimum atomic E-state index is -0.449. The zero-order chi connectivity index (χ0) is 14.3. The molecule has 106 valence electrons. The van der Waals surface area contributed by atoms with Crippen LogP contribution in [0.25, 0.3) is 11.0 Å². The molecule has 0 aliphatic heterocycles. The molecule has 1 saturated carbocycles. The van der Waals surface area contributed by atoms with Crippen molar-refractivity contribution in [3.8, 4) is 0 Å². The summed E-state index contributed by atoms with van der Waals surface area (Å²) >= 11 is 6.29. The summed E-state index contributed by atoms with van der Waals surface area (Å²) in [5.74, 6) is 0.221. The van der Waals surface area contributed by atoms with Crippen LogP contribution in [-0.2, 0) is 4.74 Å². The maximum Gasteiger partial charge on any atom is 0.341 e. The second kappa shape index (κ2) is 5.05. The lowest BCUT2D eigenvalue weighted by Gasteiger charge is -2.11. The number of carbonyl (C=O) groups excluding carboxylic acids is 1. The molecule has 1 atom stereocenters. The second-order valence-corrected chi connectivity index (χ2v) is 5.49. The predicted octanol–water partition coefficient (Wildman–Crippen LogP) is 3.23. The first kappa shape index (κ1) is 13.4. The molecule has 2 aromatic rings. The van der Waals surface area contributed by atoms with Gasteiger partial charge in [-0.1, -0.05) is 11.6 Å². The van der Waals surface area contributed by atoms with Crippen molar-refractivity contribution in [2.24, 2.45) is 5.92 Å². The molecule has 1 aliphatic rings. The standard InChI is InChI=1S/C14H16ClN3O2/c1-3-20-14(19)11-6-16-13-10(12(11)15)7-17-18(13)8(2)9-4-5-9/h6-9H,3-5H2,1-2H3. The van der Waals surface area contributed by atoms with Gasteiger partial charge in [-0.2, -0.15) is 5.10 Å². The average Bonchev–Trinajstić information content (AvgIpc) is 3.18. The Kier molecular flexibility index (Phi) is 3.38. The van der Waals surface area contributed by atoms with E-state index in [1.807, 2.05) is 4.68 Å². The van der Waals surface area contributed by atoms with E-state index in [2.05, 4.69) is 17.0 Å². The predicted molar refractivity (Wildman–Crippen MR) is 75.9 cm³/mol. The smallest absolute Gasteiger partial charge is 0.341 e. The minimum Gasteiger partial charge on any atom is -0.462 e. The molecule has 6 heteroatoms. The number of esters is 1. The van der Waals surface area contributed by atoms with Crippen LogP contribution in [0.2, 0.25) is 5.02 Å². The highest BCUT2D eigenvalue weighted by molar-refractivity contribution is 6.38. The van der Waals surface area contributed by atoms with Crippen LogP contribution in [0.15, 0.2) is 12.4 Å². The normalized spacial score (nSPS) is 16.4. The van der Waals surface area contributed by atoms with Gasteiger partial charge in [0.25, 0.3) is 0 Å². The fourth-order valence-corrected chi connectivity index (χ4v) is 2.65. The molecule has 0 spiro atoms. The number of carbonyl (C=O) groups is 1. The average molecular weight is 294 g/mol. The maximum absolute atomic E-state index is 11.8. The molecule has 1 fully saturated rings. The van der Waals surface area contributed by atoms with Crippen LogP contribution in [0.1, 0.15) is 43.1 Å². The molecule has 0 N–H and O–H groups in total. The van der Waals surface area contributed by atoms with Gasteiger partial charge in [0, 0.05) is 6.20 Å². The number of nitrogens with zero attached hydrogens (tertiary/aromatic N) is 3. The molecule has 2 aromatic heterocycles. The van der Waals surface area contributed by atoms with Crippen LogP contribution in [0, 0.1) is 5.92 Å². The molecule has 0 saturated heterocycles. The Morgan fingerprint density at radius 1 is 1.55 bits per heavy atom. The third-order valence-corrected chi connectivity index (χ3v) is 4.15.